The van der Waals surface area contributed by atoms with E-state index in [1.54, 1.807) is 6.08 Å². The number of pyridine rings is 1. The normalized spacial score (nSPS) is 14.6. The molecule has 0 saturated carbocycles. The molecule has 2 aromatic rings. The third-order valence-electron chi connectivity index (χ3n) is 5.99. The third kappa shape index (κ3) is 4.77. The van der Waals surface area contributed by atoms with Crippen molar-refractivity contribution in [2.45, 2.75) is 66.2 Å². The van der Waals surface area contributed by atoms with Crippen LogP contribution in [0.1, 0.15) is 72.8 Å². The number of nitrogens with zero attached hydrogens (tertiary/aromatic N) is 2. The Kier molecular flexibility index (Phi) is 7.24. The Morgan fingerprint density at radius 3 is 2.21 bits per heavy atom. The van der Waals surface area contributed by atoms with E-state index < -0.39 is 0 Å². The molecule has 1 aromatic heterocycles. The number of ketones is 1. The lowest BCUT2D eigenvalue weighted by Gasteiger charge is -2.24. The molecule has 0 aliphatic carbocycles. The Morgan fingerprint density at radius 1 is 1.00 bits per heavy atom. The van der Waals surface area contributed by atoms with E-state index in [0.717, 1.165) is 54.9 Å². The first-order valence-electron chi connectivity index (χ1n) is 11.2. The van der Waals surface area contributed by atoms with Gasteiger partial charge < -0.3 is 4.90 Å². The molecule has 0 N–H and O–H groups in total. The molecular formula is C26H34N2O. The Morgan fingerprint density at radius 2 is 1.62 bits per heavy atom. The van der Waals surface area contributed by atoms with Gasteiger partial charge in [0.25, 0.3) is 0 Å². The Bertz CT molecular complexity index is 870. The van der Waals surface area contributed by atoms with Crippen LogP contribution in [0, 0.1) is 6.92 Å². The zero-order valence-corrected chi connectivity index (χ0v) is 18.4. The molecule has 3 heteroatoms. The van der Waals surface area contributed by atoms with Crippen molar-refractivity contribution < 1.29 is 4.79 Å². The van der Waals surface area contributed by atoms with Crippen molar-refractivity contribution in [3.8, 4) is 11.3 Å². The van der Waals surface area contributed by atoms with Crippen LogP contribution in [0.4, 0.5) is 0 Å². The highest BCUT2D eigenvalue weighted by Crippen LogP contribution is 2.30. The predicted molar refractivity (Wildman–Crippen MR) is 121 cm³/mol. The van der Waals surface area contributed by atoms with Gasteiger partial charge in [0.1, 0.15) is 0 Å². The number of carbonyl (C=O) groups is 1. The lowest BCUT2D eigenvalue weighted by molar-refractivity contribution is 0.104. The largest absolute Gasteiger partial charge is 0.377 e. The summed E-state index contributed by atoms with van der Waals surface area (Å²) in [5.74, 6) is 0.0727. The van der Waals surface area contributed by atoms with Crippen molar-refractivity contribution in [1.29, 1.82) is 0 Å². The van der Waals surface area contributed by atoms with Crippen LogP contribution in [-0.4, -0.2) is 28.8 Å². The number of likely N-dealkylation sites (tertiary alicyclic amines) is 1. The van der Waals surface area contributed by atoms with E-state index in [1.165, 1.54) is 36.0 Å². The van der Waals surface area contributed by atoms with Gasteiger partial charge in [0.15, 0.2) is 5.78 Å². The molecule has 0 unspecified atom stereocenters. The predicted octanol–water partition coefficient (Wildman–Crippen LogP) is 5.93. The molecule has 1 aromatic carbocycles. The number of rotatable bonds is 7. The maximum absolute atomic E-state index is 13.0. The molecule has 2 heterocycles. The van der Waals surface area contributed by atoms with Gasteiger partial charge in [-0.25, -0.2) is 0 Å². The van der Waals surface area contributed by atoms with Gasteiger partial charge in [-0.2, -0.15) is 0 Å². The number of allylic oxidation sites excluding steroid dienone is 1. The molecule has 154 valence electrons. The van der Waals surface area contributed by atoms with Gasteiger partial charge in [-0.05, 0) is 68.2 Å². The molecule has 3 rings (SSSR count). The maximum Gasteiger partial charge on any atom is 0.189 e. The first-order chi connectivity index (χ1) is 14.1. The standard InChI is InChI=1S/C26H34N2O/c1-5-20-12-11-13-21(6-2)26(20)23-18-22(7-3)25(19(4)27-23)24(29)14-17-28-15-9-8-10-16-28/h11-14,17-18H,5-10,15-16H2,1-4H3/b17-14+. The highest BCUT2D eigenvalue weighted by Gasteiger charge is 2.18. The first kappa shape index (κ1) is 21.3. The van der Waals surface area contributed by atoms with Gasteiger partial charge in [0.05, 0.1) is 5.69 Å². The second kappa shape index (κ2) is 9.87. The molecule has 0 radical (unpaired) electrons. The minimum atomic E-state index is 0.0727. The molecule has 1 fully saturated rings. The average molecular weight is 391 g/mol. The first-order valence-corrected chi connectivity index (χ1v) is 11.2. The van der Waals surface area contributed by atoms with Gasteiger partial charge >= 0.3 is 0 Å². The van der Waals surface area contributed by atoms with Gasteiger partial charge in [0.2, 0.25) is 0 Å². The molecular weight excluding hydrogens is 356 g/mol. The molecule has 1 saturated heterocycles. The van der Waals surface area contributed by atoms with E-state index in [9.17, 15) is 4.79 Å². The number of piperidine rings is 1. The molecule has 0 bridgehead atoms. The van der Waals surface area contributed by atoms with Gasteiger partial charge in [-0.3, -0.25) is 9.78 Å². The molecule has 0 spiro atoms. The second-order valence-electron chi connectivity index (χ2n) is 7.92. The van der Waals surface area contributed by atoms with Crippen molar-refractivity contribution in [3.63, 3.8) is 0 Å². The van der Waals surface area contributed by atoms with E-state index >= 15 is 0 Å². The fourth-order valence-electron chi connectivity index (χ4n) is 4.38. The minimum Gasteiger partial charge on any atom is -0.377 e. The smallest absolute Gasteiger partial charge is 0.189 e. The average Bonchev–Trinajstić information content (AvgIpc) is 2.76. The third-order valence-corrected chi connectivity index (χ3v) is 5.99. The SMILES string of the molecule is CCc1cc(-c2c(CC)cccc2CC)nc(C)c1C(=O)/C=C/N1CCCCC1. The summed E-state index contributed by atoms with van der Waals surface area (Å²) in [6, 6.07) is 8.66. The Balaban J connectivity index is 1.98. The number of aryl methyl sites for hydroxylation is 4. The number of benzene rings is 1. The van der Waals surface area contributed by atoms with Crippen LogP contribution in [0.15, 0.2) is 36.5 Å². The number of hydrogen-bond donors (Lipinski definition) is 0. The van der Waals surface area contributed by atoms with E-state index in [1.807, 2.05) is 13.1 Å². The van der Waals surface area contributed by atoms with Crippen LogP contribution < -0.4 is 0 Å². The minimum absolute atomic E-state index is 0.0727. The highest BCUT2D eigenvalue weighted by atomic mass is 16.1. The van der Waals surface area contributed by atoms with Crippen molar-refractivity contribution in [2.75, 3.05) is 13.1 Å². The van der Waals surface area contributed by atoms with Crippen molar-refractivity contribution in [2.24, 2.45) is 0 Å². The molecule has 1 aliphatic rings. The van der Waals surface area contributed by atoms with Gasteiger partial charge in [-0.1, -0.05) is 39.0 Å². The number of carbonyl (C=O) groups excluding carboxylic acids is 1. The zero-order chi connectivity index (χ0) is 20.8. The summed E-state index contributed by atoms with van der Waals surface area (Å²) in [7, 11) is 0. The van der Waals surface area contributed by atoms with Crippen LogP contribution in [0.3, 0.4) is 0 Å². The van der Waals surface area contributed by atoms with Crippen LogP contribution in [0.25, 0.3) is 11.3 Å². The van der Waals surface area contributed by atoms with Gasteiger partial charge in [-0.15, -0.1) is 0 Å². The summed E-state index contributed by atoms with van der Waals surface area (Å²) in [5, 5.41) is 0. The lowest BCUT2D eigenvalue weighted by atomic mass is 9.91. The molecule has 0 atom stereocenters. The summed E-state index contributed by atoms with van der Waals surface area (Å²) < 4.78 is 0. The monoisotopic (exact) mass is 390 g/mol. The van der Waals surface area contributed by atoms with Crippen LogP contribution in [0.2, 0.25) is 0 Å². The summed E-state index contributed by atoms with van der Waals surface area (Å²) in [6.45, 7) is 10.6. The fourth-order valence-corrected chi connectivity index (χ4v) is 4.38. The highest BCUT2D eigenvalue weighted by molar-refractivity contribution is 6.06. The van der Waals surface area contributed by atoms with Crippen molar-refractivity contribution >= 4 is 5.78 Å². The number of aromatic nitrogens is 1. The van der Waals surface area contributed by atoms with E-state index in [-0.39, 0.29) is 5.78 Å². The molecule has 29 heavy (non-hydrogen) atoms. The molecule has 3 nitrogen and oxygen atoms in total. The van der Waals surface area contributed by atoms with Crippen molar-refractivity contribution in [3.05, 3.63) is 64.5 Å². The summed E-state index contributed by atoms with van der Waals surface area (Å²) in [6.07, 6.45) is 10.2. The fraction of sp³-hybridized carbons (Fsp3) is 0.462. The molecule has 1 aliphatic heterocycles. The van der Waals surface area contributed by atoms with E-state index in [4.69, 9.17) is 4.98 Å². The maximum atomic E-state index is 13.0. The lowest BCUT2D eigenvalue weighted by Crippen LogP contribution is -2.24. The van der Waals surface area contributed by atoms with Crippen molar-refractivity contribution in [1.82, 2.24) is 9.88 Å². The zero-order valence-electron chi connectivity index (χ0n) is 18.4. The topological polar surface area (TPSA) is 33.2 Å². The Hall–Kier alpha value is -2.42. The van der Waals surface area contributed by atoms with Crippen LogP contribution in [-0.2, 0) is 19.3 Å². The van der Waals surface area contributed by atoms with E-state index in [0.29, 0.717) is 0 Å². The van der Waals surface area contributed by atoms with Crippen LogP contribution >= 0.6 is 0 Å². The summed E-state index contributed by atoms with van der Waals surface area (Å²) >= 11 is 0. The number of hydrogen-bond acceptors (Lipinski definition) is 3. The van der Waals surface area contributed by atoms with Gasteiger partial charge in [0, 0.05) is 42.2 Å². The second-order valence-corrected chi connectivity index (χ2v) is 7.92. The Labute approximate surface area is 175 Å². The molecule has 0 amide bonds. The summed E-state index contributed by atoms with van der Waals surface area (Å²) in [5.41, 5.74) is 7.60. The summed E-state index contributed by atoms with van der Waals surface area (Å²) in [4.78, 5) is 20.2. The van der Waals surface area contributed by atoms with E-state index in [2.05, 4.69) is 49.9 Å². The van der Waals surface area contributed by atoms with Crippen LogP contribution in [0.5, 0.6) is 0 Å². The quantitative estimate of drug-likeness (QED) is 0.434.